The second kappa shape index (κ2) is 4.67. The number of carbonyl (C=O) groups is 2. The molecular formula is C13H20N2O4. The fourth-order valence-corrected chi connectivity index (χ4v) is 3.73. The summed E-state index contributed by atoms with van der Waals surface area (Å²) < 4.78 is 5.43. The monoisotopic (exact) mass is 268 g/mol. The summed E-state index contributed by atoms with van der Waals surface area (Å²) >= 11 is 0. The summed E-state index contributed by atoms with van der Waals surface area (Å²) in [7, 11) is 0. The Bertz CT molecular complexity index is 400. The van der Waals surface area contributed by atoms with Crippen LogP contribution >= 0.6 is 0 Å². The highest BCUT2D eigenvalue weighted by Gasteiger charge is 2.51. The molecule has 2 amide bonds. The largest absolute Gasteiger partial charge is 0.481 e. The van der Waals surface area contributed by atoms with Gasteiger partial charge in [0.15, 0.2) is 0 Å². The minimum absolute atomic E-state index is 0.0412. The van der Waals surface area contributed by atoms with Crippen LogP contribution in [-0.2, 0) is 9.53 Å². The summed E-state index contributed by atoms with van der Waals surface area (Å²) in [6.45, 7) is 2.63. The molecular weight excluding hydrogens is 248 g/mol. The molecule has 3 aliphatic heterocycles. The lowest BCUT2D eigenvalue weighted by molar-refractivity contribution is -0.142. The Balaban J connectivity index is 1.66. The van der Waals surface area contributed by atoms with Gasteiger partial charge in [-0.2, -0.15) is 0 Å². The summed E-state index contributed by atoms with van der Waals surface area (Å²) in [5.74, 6) is -1.16. The number of ether oxygens (including phenoxy) is 1. The van der Waals surface area contributed by atoms with Gasteiger partial charge in [0.2, 0.25) is 0 Å². The molecule has 3 saturated heterocycles. The Hall–Kier alpha value is -1.30. The highest BCUT2D eigenvalue weighted by atomic mass is 16.5. The third kappa shape index (κ3) is 2.08. The van der Waals surface area contributed by atoms with Gasteiger partial charge in [0.1, 0.15) is 0 Å². The molecule has 19 heavy (non-hydrogen) atoms. The van der Waals surface area contributed by atoms with Gasteiger partial charge >= 0.3 is 12.0 Å². The molecule has 5 atom stereocenters. The lowest BCUT2D eigenvalue weighted by Crippen LogP contribution is -2.49. The summed E-state index contributed by atoms with van der Waals surface area (Å²) in [6, 6.07) is -0.0850. The number of amides is 2. The summed E-state index contributed by atoms with van der Waals surface area (Å²) in [6.07, 6.45) is 3.21. The molecule has 6 nitrogen and oxygen atoms in total. The van der Waals surface area contributed by atoms with Gasteiger partial charge in [-0.1, -0.05) is 0 Å². The fraction of sp³-hybridized carbons (Fsp3) is 0.846. The quantitative estimate of drug-likeness (QED) is 0.777. The number of carboxylic acids is 1. The average molecular weight is 268 g/mol. The number of rotatable bonds is 2. The maximum absolute atomic E-state index is 12.3. The minimum Gasteiger partial charge on any atom is -0.481 e. The van der Waals surface area contributed by atoms with E-state index in [1.165, 1.54) is 0 Å². The third-order valence-corrected chi connectivity index (χ3v) is 4.77. The Morgan fingerprint density at radius 2 is 2.11 bits per heavy atom. The average Bonchev–Trinajstić information content (AvgIpc) is 3.04. The van der Waals surface area contributed by atoms with Crippen LogP contribution in [0.2, 0.25) is 0 Å². The van der Waals surface area contributed by atoms with Crippen molar-refractivity contribution in [1.82, 2.24) is 10.2 Å². The molecule has 3 heterocycles. The third-order valence-electron chi connectivity index (χ3n) is 4.77. The van der Waals surface area contributed by atoms with E-state index >= 15 is 0 Å². The first-order valence-corrected chi connectivity index (χ1v) is 7.01. The second-order valence-electron chi connectivity index (χ2n) is 5.81. The van der Waals surface area contributed by atoms with E-state index < -0.39 is 5.97 Å². The molecule has 0 aromatic heterocycles. The van der Waals surface area contributed by atoms with E-state index in [-0.39, 0.29) is 36.2 Å². The van der Waals surface area contributed by atoms with Gasteiger partial charge in [0.05, 0.1) is 18.1 Å². The first-order valence-electron chi connectivity index (χ1n) is 7.01. The number of hydrogen-bond acceptors (Lipinski definition) is 3. The van der Waals surface area contributed by atoms with E-state index in [9.17, 15) is 14.7 Å². The maximum atomic E-state index is 12.3. The molecule has 6 heteroatoms. The van der Waals surface area contributed by atoms with Crippen molar-refractivity contribution in [2.75, 3.05) is 6.61 Å². The van der Waals surface area contributed by atoms with Crippen molar-refractivity contribution in [3.8, 4) is 0 Å². The summed E-state index contributed by atoms with van der Waals surface area (Å²) in [4.78, 5) is 25.3. The number of urea groups is 1. The molecule has 106 valence electrons. The van der Waals surface area contributed by atoms with E-state index in [0.29, 0.717) is 13.0 Å². The minimum atomic E-state index is -0.775. The lowest BCUT2D eigenvalue weighted by atomic mass is 9.89. The summed E-state index contributed by atoms with van der Waals surface area (Å²) in [5.41, 5.74) is 0. The van der Waals surface area contributed by atoms with Crippen LogP contribution in [0.5, 0.6) is 0 Å². The molecule has 0 spiro atoms. The van der Waals surface area contributed by atoms with Crippen molar-refractivity contribution in [2.45, 2.75) is 56.8 Å². The molecule has 0 aromatic rings. The smallest absolute Gasteiger partial charge is 0.318 e. The van der Waals surface area contributed by atoms with Crippen LogP contribution in [0.3, 0.4) is 0 Å². The number of carbonyl (C=O) groups excluding carboxylic acids is 1. The van der Waals surface area contributed by atoms with E-state index in [1.807, 2.05) is 6.92 Å². The molecule has 2 N–H and O–H groups in total. The lowest BCUT2D eigenvalue weighted by Gasteiger charge is -2.26. The van der Waals surface area contributed by atoms with Gasteiger partial charge in [-0.05, 0) is 32.6 Å². The van der Waals surface area contributed by atoms with E-state index in [1.54, 1.807) is 4.90 Å². The number of hydrogen-bond donors (Lipinski definition) is 2. The predicted molar refractivity (Wildman–Crippen MR) is 66.7 cm³/mol. The predicted octanol–water partition coefficient (Wildman–Crippen LogP) is 0.811. The number of nitrogens with zero attached hydrogens (tertiary/aromatic N) is 1. The van der Waals surface area contributed by atoms with E-state index in [4.69, 9.17) is 4.74 Å². The zero-order valence-electron chi connectivity index (χ0n) is 11.0. The molecule has 0 aliphatic carbocycles. The first kappa shape index (κ1) is 12.7. The fourth-order valence-electron chi connectivity index (χ4n) is 3.73. The van der Waals surface area contributed by atoms with Crippen LogP contribution in [-0.4, -0.2) is 52.8 Å². The van der Waals surface area contributed by atoms with Gasteiger partial charge in [0, 0.05) is 18.7 Å². The SMILES string of the molecule is CC1OCCC1NC(=O)N1C2CCC1C(C(=O)O)C2. The molecule has 0 saturated carbocycles. The van der Waals surface area contributed by atoms with E-state index in [2.05, 4.69) is 5.32 Å². The molecule has 0 radical (unpaired) electrons. The van der Waals surface area contributed by atoms with Crippen molar-refractivity contribution >= 4 is 12.0 Å². The Morgan fingerprint density at radius 1 is 1.32 bits per heavy atom. The van der Waals surface area contributed by atoms with Gasteiger partial charge in [-0.15, -0.1) is 0 Å². The van der Waals surface area contributed by atoms with Crippen LogP contribution in [0, 0.1) is 5.92 Å². The highest BCUT2D eigenvalue weighted by Crippen LogP contribution is 2.41. The molecule has 2 bridgehead atoms. The Kier molecular flexibility index (Phi) is 3.12. The molecule has 3 fully saturated rings. The van der Waals surface area contributed by atoms with Crippen LogP contribution in [0.4, 0.5) is 4.79 Å². The Labute approximate surface area is 112 Å². The van der Waals surface area contributed by atoms with Gasteiger partial charge in [-0.25, -0.2) is 4.79 Å². The standard InChI is InChI=1S/C13H20N2O4/c1-7-10(4-5-19-7)14-13(18)15-8-2-3-11(15)9(6-8)12(16)17/h7-11H,2-6H2,1H3,(H,14,18)(H,16,17). The number of nitrogens with one attached hydrogen (secondary N) is 1. The number of aliphatic carboxylic acids is 1. The second-order valence-corrected chi connectivity index (χ2v) is 5.81. The van der Waals surface area contributed by atoms with E-state index in [0.717, 1.165) is 19.3 Å². The van der Waals surface area contributed by atoms with Gasteiger partial charge in [-0.3, -0.25) is 4.79 Å². The van der Waals surface area contributed by atoms with Gasteiger partial charge in [0.25, 0.3) is 0 Å². The van der Waals surface area contributed by atoms with Crippen LogP contribution in [0.1, 0.15) is 32.6 Å². The summed E-state index contributed by atoms with van der Waals surface area (Å²) in [5, 5.41) is 12.2. The molecule has 5 unspecified atom stereocenters. The normalized spacial score (nSPS) is 40.7. The molecule has 0 aromatic carbocycles. The number of fused-ring (bicyclic) bond motifs is 2. The van der Waals surface area contributed by atoms with Crippen LogP contribution < -0.4 is 5.32 Å². The maximum Gasteiger partial charge on any atom is 0.318 e. The van der Waals surface area contributed by atoms with Crippen molar-refractivity contribution in [2.24, 2.45) is 5.92 Å². The zero-order chi connectivity index (χ0) is 13.6. The topological polar surface area (TPSA) is 78.9 Å². The molecule has 3 rings (SSSR count). The highest BCUT2D eigenvalue weighted by molar-refractivity contribution is 5.79. The zero-order valence-corrected chi connectivity index (χ0v) is 11.0. The Morgan fingerprint density at radius 3 is 2.68 bits per heavy atom. The van der Waals surface area contributed by atoms with Crippen LogP contribution in [0.25, 0.3) is 0 Å². The van der Waals surface area contributed by atoms with Crippen molar-refractivity contribution in [1.29, 1.82) is 0 Å². The van der Waals surface area contributed by atoms with Crippen molar-refractivity contribution in [3.05, 3.63) is 0 Å². The van der Waals surface area contributed by atoms with Crippen molar-refractivity contribution < 1.29 is 19.4 Å². The van der Waals surface area contributed by atoms with Crippen LogP contribution in [0.15, 0.2) is 0 Å². The molecule has 3 aliphatic rings. The van der Waals surface area contributed by atoms with Crippen molar-refractivity contribution in [3.63, 3.8) is 0 Å². The van der Waals surface area contributed by atoms with Gasteiger partial charge < -0.3 is 20.1 Å². The first-order chi connectivity index (χ1) is 9.08. The number of carboxylic acid groups (broad SMARTS) is 1.